The number of fused-ring (bicyclic) bond motifs is 4. The predicted octanol–water partition coefficient (Wildman–Crippen LogP) is 4.34. The van der Waals surface area contributed by atoms with Crippen LogP contribution in [-0.4, -0.2) is 53.3 Å². The average Bonchev–Trinajstić information content (AvgIpc) is 3.59. The number of ether oxygens (including phenoxy) is 2. The summed E-state index contributed by atoms with van der Waals surface area (Å²) >= 11 is 0. The molecule has 1 spiro atoms. The second kappa shape index (κ2) is 8.29. The summed E-state index contributed by atoms with van der Waals surface area (Å²) in [5.74, 6) is 3.66. The van der Waals surface area contributed by atoms with Gasteiger partial charge in [0, 0.05) is 51.0 Å². The van der Waals surface area contributed by atoms with Crippen molar-refractivity contribution >= 4 is 6.09 Å². The average molecular weight is 465 g/mol. The van der Waals surface area contributed by atoms with Gasteiger partial charge in [-0.25, -0.2) is 9.78 Å². The number of imidazole rings is 1. The van der Waals surface area contributed by atoms with Gasteiger partial charge in [0.25, 0.3) is 0 Å². The molecule has 1 saturated carbocycles. The standard InChI is InChI=1S/C27H36N4O3/c1-17-4-7-21-22(13-17)34-27(8-10-31(11-9-27)26(32)33-16-19-5-6-19)24-23(21)29-25(30(24)3)20-12-18(2)14-28-15-20/h4,7,13,18-20,28H,5-6,8-12,14-16H2,1-3H3. The summed E-state index contributed by atoms with van der Waals surface area (Å²) in [4.78, 5) is 19.8. The second-order valence-corrected chi connectivity index (χ2v) is 11.0. The zero-order chi connectivity index (χ0) is 23.4. The first kappa shape index (κ1) is 22.0. The van der Waals surface area contributed by atoms with Crippen LogP contribution in [0.3, 0.4) is 0 Å². The zero-order valence-electron chi connectivity index (χ0n) is 20.6. The van der Waals surface area contributed by atoms with Crippen molar-refractivity contribution in [3.8, 4) is 17.0 Å². The molecule has 4 aliphatic rings. The Morgan fingerprint density at radius 1 is 1.26 bits per heavy atom. The Morgan fingerprint density at radius 3 is 2.79 bits per heavy atom. The van der Waals surface area contributed by atoms with Crippen LogP contribution in [0.15, 0.2) is 18.2 Å². The molecule has 1 aromatic heterocycles. The summed E-state index contributed by atoms with van der Waals surface area (Å²) < 4.78 is 14.7. The highest BCUT2D eigenvalue weighted by Crippen LogP contribution is 2.50. The number of likely N-dealkylation sites (tertiary alicyclic amines) is 1. The van der Waals surface area contributed by atoms with Crippen LogP contribution in [0.5, 0.6) is 5.75 Å². The van der Waals surface area contributed by atoms with Crippen LogP contribution in [0, 0.1) is 18.8 Å². The van der Waals surface area contributed by atoms with Gasteiger partial charge in [-0.2, -0.15) is 0 Å². The summed E-state index contributed by atoms with van der Waals surface area (Å²) in [6.45, 7) is 8.27. The summed E-state index contributed by atoms with van der Waals surface area (Å²) in [5.41, 5.74) is 4.01. The number of aromatic nitrogens is 2. The van der Waals surface area contributed by atoms with Crippen LogP contribution in [0.25, 0.3) is 11.3 Å². The molecule has 2 saturated heterocycles. The van der Waals surface area contributed by atoms with Crippen LogP contribution < -0.4 is 10.1 Å². The van der Waals surface area contributed by atoms with E-state index >= 15 is 0 Å². The van der Waals surface area contributed by atoms with Gasteiger partial charge in [0.15, 0.2) is 5.60 Å². The molecule has 7 heteroatoms. The van der Waals surface area contributed by atoms with Crippen molar-refractivity contribution in [2.24, 2.45) is 18.9 Å². The highest BCUT2D eigenvalue weighted by molar-refractivity contribution is 5.74. The van der Waals surface area contributed by atoms with E-state index in [1.807, 2.05) is 4.90 Å². The molecule has 1 aliphatic carbocycles. The van der Waals surface area contributed by atoms with Gasteiger partial charge in [0.05, 0.1) is 18.0 Å². The molecule has 6 rings (SSSR count). The fourth-order valence-corrected chi connectivity index (χ4v) is 6.07. The van der Waals surface area contributed by atoms with E-state index in [0.29, 0.717) is 37.5 Å². The number of hydrogen-bond acceptors (Lipinski definition) is 5. The molecule has 7 nitrogen and oxygen atoms in total. The van der Waals surface area contributed by atoms with Crippen molar-refractivity contribution in [2.45, 2.75) is 57.5 Å². The van der Waals surface area contributed by atoms with Crippen molar-refractivity contribution in [1.82, 2.24) is 19.8 Å². The van der Waals surface area contributed by atoms with Gasteiger partial charge in [-0.1, -0.05) is 13.0 Å². The number of nitrogens with zero attached hydrogens (tertiary/aromatic N) is 3. The van der Waals surface area contributed by atoms with E-state index in [2.05, 4.69) is 49.0 Å². The number of carbonyl (C=O) groups is 1. The summed E-state index contributed by atoms with van der Waals surface area (Å²) in [7, 11) is 2.15. The van der Waals surface area contributed by atoms with Gasteiger partial charge in [-0.3, -0.25) is 0 Å². The Labute approximate surface area is 201 Å². The van der Waals surface area contributed by atoms with Crippen molar-refractivity contribution in [2.75, 3.05) is 32.8 Å². The minimum absolute atomic E-state index is 0.179. The van der Waals surface area contributed by atoms with Gasteiger partial charge in [0.2, 0.25) is 0 Å². The maximum Gasteiger partial charge on any atom is 0.409 e. The topological polar surface area (TPSA) is 68.6 Å². The molecule has 1 aromatic carbocycles. The largest absolute Gasteiger partial charge is 0.480 e. The number of hydrogen-bond donors (Lipinski definition) is 1. The predicted molar refractivity (Wildman–Crippen MR) is 130 cm³/mol. The minimum atomic E-state index is -0.475. The van der Waals surface area contributed by atoms with E-state index < -0.39 is 5.60 Å². The monoisotopic (exact) mass is 464 g/mol. The number of amides is 1. The molecule has 4 heterocycles. The van der Waals surface area contributed by atoms with Crippen molar-refractivity contribution in [1.29, 1.82) is 0 Å². The molecule has 34 heavy (non-hydrogen) atoms. The maximum atomic E-state index is 12.6. The first-order valence-corrected chi connectivity index (χ1v) is 12.9. The van der Waals surface area contributed by atoms with Crippen molar-refractivity contribution in [3.63, 3.8) is 0 Å². The Bertz CT molecular complexity index is 1100. The van der Waals surface area contributed by atoms with E-state index in [-0.39, 0.29) is 6.09 Å². The molecule has 0 bridgehead atoms. The lowest BCUT2D eigenvalue weighted by Crippen LogP contribution is -2.50. The summed E-state index contributed by atoms with van der Waals surface area (Å²) in [5, 5.41) is 3.59. The molecule has 1 N–H and O–H groups in total. The minimum Gasteiger partial charge on any atom is -0.480 e. The van der Waals surface area contributed by atoms with E-state index in [0.717, 1.165) is 55.2 Å². The number of carbonyl (C=O) groups excluding carboxylic acids is 1. The van der Waals surface area contributed by atoms with E-state index in [9.17, 15) is 4.79 Å². The second-order valence-electron chi connectivity index (χ2n) is 11.0. The van der Waals surface area contributed by atoms with Crippen LogP contribution in [0.2, 0.25) is 0 Å². The van der Waals surface area contributed by atoms with Crippen LogP contribution in [0.1, 0.15) is 62.0 Å². The summed E-state index contributed by atoms with van der Waals surface area (Å²) in [6.07, 6.45) is 4.82. The Balaban J connectivity index is 1.33. The molecule has 3 aliphatic heterocycles. The lowest BCUT2D eigenvalue weighted by Gasteiger charge is -2.44. The molecule has 1 amide bonds. The van der Waals surface area contributed by atoms with Gasteiger partial charge < -0.3 is 24.3 Å². The molecule has 2 atom stereocenters. The molecule has 182 valence electrons. The van der Waals surface area contributed by atoms with Crippen molar-refractivity contribution < 1.29 is 14.3 Å². The Kier molecular flexibility index (Phi) is 5.36. The third kappa shape index (κ3) is 3.78. The van der Waals surface area contributed by atoms with Gasteiger partial charge in [-0.15, -0.1) is 0 Å². The van der Waals surface area contributed by atoms with Crippen LogP contribution >= 0.6 is 0 Å². The van der Waals surface area contributed by atoms with E-state index in [1.165, 1.54) is 24.1 Å². The highest BCUT2D eigenvalue weighted by Gasteiger charge is 2.48. The fraction of sp³-hybridized carbons (Fsp3) is 0.630. The molecule has 2 unspecified atom stereocenters. The third-order valence-corrected chi connectivity index (χ3v) is 8.16. The van der Waals surface area contributed by atoms with Gasteiger partial charge in [-0.05, 0) is 62.3 Å². The Morgan fingerprint density at radius 2 is 2.06 bits per heavy atom. The molecule has 0 radical (unpaired) electrons. The number of aryl methyl sites for hydroxylation is 1. The van der Waals surface area contributed by atoms with Crippen molar-refractivity contribution in [3.05, 3.63) is 35.3 Å². The number of rotatable bonds is 3. The first-order chi connectivity index (χ1) is 16.4. The third-order valence-electron chi connectivity index (χ3n) is 8.16. The lowest BCUT2D eigenvalue weighted by molar-refractivity contribution is -0.0112. The Hall–Kier alpha value is -2.54. The SMILES string of the molecule is Cc1ccc2c(c1)OC1(CCN(C(=O)OCC3CC3)CC1)c1c-2nc(C2CNCC(C)C2)n1C. The molecular weight excluding hydrogens is 428 g/mol. The zero-order valence-corrected chi connectivity index (χ0v) is 20.6. The number of nitrogens with one attached hydrogen (secondary N) is 1. The highest BCUT2D eigenvalue weighted by atomic mass is 16.6. The lowest BCUT2D eigenvalue weighted by atomic mass is 9.83. The number of piperidine rings is 2. The quantitative estimate of drug-likeness (QED) is 0.732. The normalized spacial score (nSPS) is 25.4. The smallest absolute Gasteiger partial charge is 0.409 e. The maximum absolute atomic E-state index is 12.6. The van der Waals surface area contributed by atoms with Crippen LogP contribution in [-0.2, 0) is 17.4 Å². The molecule has 2 aromatic rings. The van der Waals surface area contributed by atoms with Gasteiger partial charge >= 0.3 is 6.09 Å². The first-order valence-electron chi connectivity index (χ1n) is 12.9. The molecular formula is C27H36N4O3. The fourth-order valence-electron chi connectivity index (χ4n) is 6.07. The number of benzene rings is 1. The summed E-state index contributed by atoms with van der Waals surface area (Å²) in [6, 6.07) is 6.43. The van der Waals surface area contributed by atoms with E-state index in [1.54, 1.807) is 0 Å². The molecule has 3 fully saturated rings. The van der Waals surface area contributed by atoms with Crippen LogP contribution in [0.4, 0.5) is 4.79 Å². The van der Waals surface area contributed by atoms with Gasteiger partial charge in [0.1, 0.15) is 11.6 Å². The van der Waals surface area contributed by atoms with E-state index in [4.69, 9.17) is 14.5 Å².